The molecule has 2 rings (SSSR count). The van der Waals surface area contributed by atoms with Crippen LogP contribution in [0, 0.1) is 24.0 Å². The van der Waals surface area contributed by atoms with Gasteiger partial charge in [-0.1, -0.05) is 0 Å². The number of rotatable bonds is 8. The second kappa shape index (κ2) is 9.09. The van der Waals surface area contributed by atoms with E-state index in [-0.39, 0.29) is 23.5 Å². The lowest BCUT2D eigenvalue weighted by Gasteiger charge is -2.09. The first kappa shape index (κ1) is 21.0. The highest BCUT2D eigenvalue weighted by molar-refractivity contribution is 7.16. The van der Waals surface area contributed by atoms with E-state index in [1.807, 2.05) is 6.92 Å². The van der Waals surface area contributed by atoms with Gasteiger partial charge in [0.1, 0.15) is 11.3 Å². The molecule has 0 aliphatic rings. The highest BCUT2D eigenvalue weighted by atomic mass is 32.1. The van der Waals surface area contributed by atoms with Crippen LogP contribution in [0.5, 0.6) is 5.75 Å². The zero-order valence-electron chi connectivity index (χ0n) is 15.4. The van der Waals surface area contributed by atoms with E-state index in [0.717, 1.165) is 10.9 Å². The summed E-state index contributed by atoms with van der Waals surface area (Å²) >= 11 is 1.22. The Balaban J connectivity index is 2.14. The van der Waals surface area contributed by atoms with E-state index in [1.54, 1.807) is 13.8 Å². The van der Waals surface area contributed by atoms with Gasteiger partial charge in [0.25, 0.3) is 5.91 Å². The number of aryl methyl sites for hydroxylation is 1. The summed E-state index contributed by atoms with van der Waals surface area (Å²) in [5.74, 6) is -1.28. The number of carbonyl (C=O) groups is 3. The van der Waals surface area contributed by atoms with Crippen LogP contribution in [-0.4, -0.2) is 36.3 Å². The highest BCUT2D eigenvalue weighted by Gasteiger charge is 2.23. The van der Waals surface area contributed by atoms with E-state index in [2.05, 4.69) is 5.32 Å². The fourth-order valence-corrected chi connectivity index (χ4v) is 3.41. The molecule has 0 aliphatic heterocycles. The molecule has 9 nitrogen and oxygen atoms in total. The van der Waals surface area contributed by atoms with Gasteiger partial charge >= 0.3 is 11.7 Å². The van der Waals surface area contributed by atoms with Gasteiger partial charge in [0.2, 0.25) is 0 Å². The molecule has 2 aromatic rings. The van der Waals surface area contributed by atoms with E-state index in [1.165, 1.54) is 23.5 Å². The summed E-state index contributed by atoms with van der Waals surface area (Å²) in [6.45, 7) is 4.93. The Morgan fingerprint density at radius 2 is 2.04 bits per heavy atom. The van der Waals surface area contributed by atoms with Crippen molar-refractivity contribution in [3.63, 3.8) is 0 Å². The zero-order valence-corrected chi connectivity index (χ0v) is 16.3. The molecule has 1 aromatic carbocycles. The largest absolute Gasteiger partial charge is 0.477 e. The van der Waals surface area contributed by atoms with Gasteiger partial charge in [0, 0.05) is 16.5 Å². The van der Waals surface area contributed by atoms with E-state index >= 15 is 0 Å². The first-order chi connectivity index (χ1) is 13.3. The number of hydrogen-bond acceptors (Lipinski definition) is 8. The molecule has 0 aliphatic carbocycles. The van der Waals surface area contributed by atoms with Crippen LogP contribution in [0.15, 0.2) is 18.2 Å². The summed E-state index contributed by atoms with van der Waals surface area (Å²) in [6.07, 6.45) is 0.474. The van der Waals surface area contributed by atoms with Gasteiger partial charge in [-0.25, -0.2) is 4.79 Å². The van der Waals surface area contributed by atoms with Crippen molar-refractivity contribution in [1.29, 1.82) is 0 Å². The number of amides is 1. The topological polar surface area (TPSA) is 125 Å². The average molecular weight is 406 g/mol. The number of nitro benzene ring substituents is 1. The number of thiophene rings is 1. The molecule has 0 saturated heterocycles. The molecular formula is C18H18N2O7S. The predicted octanol–water partition coefficient (Wildman–Crippen LogP) is 3.28. The number of hydrogen-bond donors (Lipinski definition) is 1. The van der Waals surface area contributed by atoms with E-state index in [9.17, 15) is 24.5 Å². The first-order valence-electron chi connectivity index (χ1n) is 8.21. The second-order valence-electron chi connectivity index (χ2n) is 5.65. The van der Waals surface area contributed by atoms with Gasteiger partial charge in [-0.3, -0.25) is 19.7 Å². The first-order valence-corrected chi connectivity index (χ1v) is 9.03. The normalized spacial score (nSPS) is 10.2. The Hall–Kier alpha value is -3.27. The number of benzene rings is 1. The summed E-state index contributed by atoms with van der Waals surface area (Å²) in [6, 6.07) is 3.65. The van der Waals surface area contributed by atoms with Crippen LogP contribution >= 0.6 is 11.3 Å². The fraction of sp³-hybridized carbons (Fsp3) is 0.278. The molecule has 0 saturated carbocycles. The Bertz CT molecular complexity index is 936. The van der Waals surface area contributed by atoms with Gasteiger partial charge in [-0.15, -0.1) is 11.3 Å². The maximum atomic E-state index is 12.2. The lowest BCUT2D eigenvalue weighted by atomic mass is 10.1. The molecule has 1 heterocycles. The van der Waals surface area contributed by atoms with Gasteiger partial charge in [-0.05, 0) is 38.5 Å². The maximum absolute atomic E-state index is 12.2. The molecule has 10 heteroatoms. The Morgan fingerprint density at radius 1 is 1.32 bits per heavy atom. The molecule has 0 unspecified atom stereocenters. The molecule has 28 heavy (non-hydrogen) atoms. The van der Waals surface area contributed by atoms with Crippen LogP contribution in [0.2, 0.25) is 0 Å². The van der Waals surface area contributed by atoms with Crippen molar-refractivity contribution in [2.75, 3.05) is 18.5 Å². The van der Waals surface area contributed by atoms with Gasteiger partial charge in [0.15, 0.2) is 12.4 Å². The van der Waals surface area contributed by atoms with Gasteiger partial charge in [-0.2, -0.15) is 0 Å². The van der Waals surface area contributed by atoms with E-state index in [0.29, 0.717) is 16.9 Å². The van der Waals surface area contributed by atoms with Crippen LogP contribution in [0.4, 0.5) is 10.7 Å². The minimum Gasteiger partial charge on any atom is -0.477 e. The number of anilines is 1. The third-order valence-corrected chi connectivity index (χ3v) is 4.92. The minimum absolute atomic E-state index is 0.118. The van der Waals surface area contributed by atoms with Crippen LogP contribution < -0.4 is 10.1 Å². The summed E-state index contributed by atoms with van der Waals surface area (Å²) < 4.78 is 10.3. The molecule has 1 aromatic heterocycles. The molecular weight excluding hydrogens is 388 g/mol. The third kappa shape index (κ3) is 4.71. The minimum atomic E-state index is -0.703. The number of carbonyl (C=O) groups excluding carboxylic acids is 3. The molecule has 1 amide bonds. The zero-order chi connectivity index (χ0) is 20.8. The molecule has 148 valence electrons. The number of aldehydes is 1. The van der Waals surface area contributed by atoms with Crippen LogP contribution in [0.3, 0.4) is 0 Å². The quantitative estimate of drug-likeness (QED) is 0.309. The van der Waals surface area contributed by atoms with Crippen molar-refractivity contribution in [1.82, 2.24) is 0 Å². The Kier molecular flexibility index (Phi) is 6.83. The SMILES string of the molecule is CCOC(=O)c1c(NC(=O)COc2ccc(C=O)cc2[N+](=O)[O-])sc(C)c1C. The second-order valence-corrected chi connectivity index (χ2v) is 6.87. The summed E-state index contributed by atoms with van der Waals surface area (Å²) in [5, 5.41) is 14.0. The van der Waals surface area contributed by atoms with Crippen molar-refractivity contribution in [2.45, 2.75) is 20.8 Å². The molecule has 0 fully saturated rings. The fourth-order valence-electron chi connectivity index (χ4n) is 2.34. The molecule has 0 bridgehead atoms. The maximum Gasteiger partial charge on any atom is 0.341 e. The number of esters is 1. The molecule has 1 N–H and O–H groups in total. The monoisotopic (exact) mass is 406 g/mol. The molecule has 0 atom stereocenters. The number of nitrogens with zero attached hydrogens (tertiary/aromatic N) is 1. The van der Waals surface area contributed by atoms with Crippen molar-refractivity contribution >= 4 is 40.2 Å². The van der Waals surface area contributed by atoms with Gasteiger partial charge < -0.3 is 14.8 Å². The van der Waals surface area contributed by atoms with E-state index in [4.69, 9.17) is 9.47 Å². The lowest BCUT2D eigenvalue weighted by Crippen LogP contribution is -2.21. The van der Waals surface area contributed by atoms with Crippen LogP contribution in [-0.2, 0) is 9.53 Å². The third-order valence-electron chi connectivity index (χ3n) is 3.79. The average Bonchev–Trinajstić information content (AvgIpc) is 2.93. The Morgan fingerprint density at radius 3 is 2.64 bits per heavy atom. The van der Waals surface area contributed by atoms with Gasteiger partial charge in [0.05, 0.1) is 17.1 Å². The van der Waals surface area contributed by atoms with Crippen molar-refractivity contribution in [3.05, 3.63) is 49.9 Å². The summed E-state index contributed by atoms with van der Waals surface area (Å²) in [5.41, 5.74) is 0.679. The van der Waals surface area contributed by atoms with Crippen LogP contribution in [0.1, 0.15) is 38.1 Å². The van der Waals surface area contributed by atoms with Crippen molar-refractivity contribution in [2.24, 2.45) is 0 Å². The highest BCUT2D eigenvalue weighted by Crippen LogP contribution is 2.33. The lowest BCUT2D eigenvalue weighted by molar-refractivity contribution is -0.385. The van der Waals surface area contributed by atoms with Crippen molar-refractivity contribution in [3.8, 4) is 5.75 Å². The Labute approximate surface area is 164 Å². The summed E-state index contributed by atoms with van der Waals surface area (Å²) in [7, 11) is 0. The van der Waals surface area contributed by atoms with Crippen molar-refractivity contribution < 1.29 is 28.8 Å². The smallest absolute Gasteiger partial charge is 0.341 e. The van der Waals surface area contributed by atoms with E-state index < -0.39 is 29.1 Å². The summed E-state index contributed by atoms with van der Waals surface area (Å²) in [4.78, 5) is 46.4. The number of nitrogens with one attached hydrogen (secondary N) is 1. The number of nitro groups is 1. The number of ether oxygens (including phenoxy) is 2. The molecule has 0 spiro atoms. The predicted molar refractivity (Wildman–Crippen MR) is 102 cm³/mol. The molecule has 0 radical (unpaired) electrons. The van der Waals surface area contributed by atoms with Crippen LogP contribution in [0.25, 0.3) is 0 Å². The standard InChI is InChI=1S/C18H18N2O7S/c1-4-26-18(23)16-10(2)11(3)28-17(16)19-15(22)9-27-14-6-5-12(8-21)7-13(14)20(24)25/h5-8H,4,9H2,1-3H3,(H,19,22).